The van der Waals surface area contributed by atoms with Gasteiger partial charge in [0.15, 0.2) is 5.78 Å². The number of benzene rings is 2. The van der Waals surface area contributed by atoms with Gasteiger partial charge in [-0.2, -0.15) is 26.3 Å². The van der Waals surface area contributed by atoms with E-state index in [-0.39, 0.29) is 36.6 Å². The Morgan fingerprint density at radius 2 is 1.80 bits per heavy atom. The molecular formula is C29H31F4N5O6S. The Bertz CT molecular complexity index is 1630. The molecule has 0 aromatic heterocycles. The Balaban J connectivity index is 1.28. The van der Waals surface area contributed by atoms with Crippen LogP contribution in [0, 0.1) is 17.7 Å². The molecule has 1 aliphatic heterocycles. The standard InChI is InChI=1S/C29H31F4N5O6S/c1-16(29(31,32)33)38(15-18-4-6-20(30)7-5-18)24(39)13-22-25(40)28(36-26(22)41)11-10-19-12-21(8-9-23(19)28)35-27(42)37-45(43,44)34-14-17-2-3-17/h4-9,12,16-17,22,34H,2-3,10-11,13-15H2,1H3,(H,36,41)(H2,35,37,42)/t16-,22?,28+/m0/s1. The number of amides is 4. The lowest BCUT2D eigenvalue weighted by Crippen LogP contribution is -2.47. The van der Waals surface area contributed by atoms with Crippen LogP contribution in [-0.2, 0) is 43.1 Å². The van der Waals surface area contributed by atoms with Crippen LogP contribution in [-0.4, -0.2) is 55.7 Å². The van der Waals surface area contributed by atoms with Crippen molar-refractivity contribution in [1.82, 2.24) is 19.7 Å². The molecule has 3 atom stereocenters. The highest BCUT2D eigenvalue weighted by molar-refractivity contribution is 7.88. The van der Waals surface area contributed by atoms with Crippen molar-refractivity contribution in [1.29, 1.82) is 0 Å². The third kappa shape index (κ3) is 7.11. The van der Waals surface area contributed by atoms with Gasteiger partial charge in [0, 0.05) is 25.2 Å². The van der Waals surface area contributed by atoms with E-state index in [0.717, 1.165) is 31.9 Å². The molecule has 1 heterocycles. The van der Waals surface area contributed by atoms with Gasteiger partial charge in [0.2, 0.25) is 11.8 Å². The van der Waals surface area contributed by atoms with Crippen LogP contribution < -0.4 is 20.1 Å². The Morgan fingerprint density at radius 1 is 1.11 bits per heavy atom. The molecule has 45 heavy (non-hydrogen) atoms. The van der Waals surface area contributed by atoms with Crippen molar-refractivity contribution >= 4 is 39.5 Å². The number of fused-ring (bicyclic) bond motifs is 2. The number of carbonyl (C=O) groups excluding carboxylic acids is 4. The lowest BCUT2D eigenvalue weighted by molar-refractivity contribution is -0.187. The number of anilines is 1. The molecule has 1 unspecified atom stereocenters. The van der Waals surface area contributed by atoms with Crippen molar-refractivity contribution in [2.75, 3.05) is 11.9 Å². The molecule has 242 valence electrons. The topological polar surface area (TPSA) is 154 Å². The van der Waals surface area contributed by atoms with E-state index in [0.29, 0.717) is 16.0 Å². The second-order valence-corrected chi connectivity index (χ2v) is 13.1. The van der Waals surface area contributed by atoms with Crippen LogP contribution in [0.3, 0.4) is 0 Å². The summed E-state index contributed by atoms with van der Waals surface area (Å²) in [5.41, 5.74) is -0.0682. The Hall–Kier alpha value is -4.05. The summed E-state index contributed by atoms with van der Waals surface area (Å²) in [6, 6.07) is 5.78. The van der Waals surface area contributed by atoms with Gasteiger partial charge in [0.1, 0.15) is 23.3 Å². The van der Waals surface area contributed by atoms with Crippen molar-refractivity contribution in [3.63, 3.8) is 0 Å². The van der Waals surface area contributed by atoms with E-state index in [2.05, 4.69) is 15.4 Å². The molecule has 5 rings (SSSR count). The molecule has 16 heteroatoms. The first kappa shape index (κ1) is 32.3. The Kier molecular flexibility index (Phi) is 8.65. The molecule has 4 N–H and O–H groups in total. The van der Waals surface area contributed by atoms with Gasteiger partial charge < -0.3 is 15.5 Å². The number of nitrogens with zero attached hydrogens (tertiary/aromatic N) is 1. The number of Topliss-reactive ketones (excluding diaryl/α,β-unsaturated/α-hetero) is 1. The first-order valence-corrected chi connectivity index (χ1v) is 15.7. The number of nitrogens with one attached hydrogen (secondary N) is 4. The number of rotatable bonds is 10. The number of hydrogen-bond acceptors (Lipinski definition) is 6. The summed E-state index contributed by atoms with van der Waals surface area (Å²) in [5.74, 6) is -4.42. The first-order valence-electron chi connectivity index (χ1n) is 14.3. The van der Waals surface area contributed by atoms with Crippen molar-refractivity contribution in [3.8, 4) is 0 Å². The molecule has 0 bridgehead atoms. The van der Waals surface area contributed by atoms with Gasteiger partial charge in [0.25, 0.3) is 0 Å². The number of aryl methyl sites for hydroxylation is 1. The summed E-state index contributed by atoms with van der Waals surface area (Å²) < 4.78 is 82.7. The predicted molar refractivity (Wildman–Crippen MR) is 152 cm³/mol. The van der Waals surface area contributed by atoms with E-state index in [1.54, 1.807) is 0 Å². The molecule has 2 aliphatic carbocycles. The molecule has 2 aromatic rings. The number of urea groups is 1. The second-order valence-electron chi connectivity index (χ2n) is 11.6. The maximum absolute atomic E-state index is 13.7. The molecular weight excluding hydrogens is 622 g/mol. The van der Waals surface area contributed by atoms with E-state index in [4.69, 9.17) is 0 Å². The van der Waals surface area contributed by atoms with Gasteiger partial charge >= 0.3 is 22.4 Å². The van der Waals surface area contributed by atoms with Crippen LogP contribution in [0.4, 0.5) is 28.0 Å². The van der Waals surface area contributed by atoms with Gasteiger partial charge in [-0.05, 0) is 79.5 Å². The molecule has 1 spiro atoms. The number of carbonyl (C=O) groups is 4. The van der Waals surface area contributed by atoms with E-state index in [9.17, 15) is 45.2 Å². The Morgan fingerprint density at radius 3 is 2.44 bits per heavy atom. The fourth-order valence-corrected chi connectivity index (χ4v) is 6.48. The van der Waals surface area contributed by atoms with Gasteiger partial charge in [-0.15, -0.1) is 0 Å². The maximum Gasteiger partial charge on any atom is 0.408 e. The maximum atomic E-state index is 13.7. The predicted octanol–water partition coefficient (Wildman–Crippen LogP) is 3.02. The summed E-state index contributed by atoms with van der Waals surface area (Å²) in [7, 11) is -4.07. The molecule has 1 saturated heterocycles. The van der Waals surface area contributed by atoms with Gasteiger partial charge in [-0.1, -0.05) is 18.2 Å². The summed E-state index contributed by atoms with van der Waals surface area (Å²) >= 11 is 0. The summed E-state index contributed by atoms with van der Waals surface area (Å²) in [6.45, 7) is 0.500. The lowest BCUT2D eigenvalue weighted by Gasteiger charge is -2.31. The summed E-state index contributed by atoms with van der Waals surface area (Å²) in [4.78, 5) is 52.8. The molecule has 0 radical (unpaired) electrons. The third-order valence-corrected chi connectivity index (χ3v) is 9.38. The van der Waals surface area contributed by atoms with Crippen LogP contribution in [0.25, 0.3) is 0 Å². The smallest absolute Gasteiger partial charge is 0.339 e. The molecule has 11 nitrogen and oxygen atoms in total. The average molecular weight is 654 g/mol. The molecule has 4 amide bonds. The number of ketones is 1. The molecule has 1 saturated carbocycles. The minimum atomic E-state index is -4.80. The zero-order valence-electron chi connectivity index (χ0n) is 24.0. The highest BCUT2D eigenvalue weighted by Crippen LogP contribution is 2.44. The monoisotopic (exact) mass is 653 g/mol. The van der Waals surface area contributed by atoms with Crippen LogP contribution in [0.1, 0.15) is 49.3 Å². The molecule has 2 aromatic carbocycles. The number of halogens is 4. The lowest BCUT2D eigenvalue weighted by atomic mass is 9.84. The first-order chi connectivity index (χ1) is 21.1. The zero-order chi connectivity index (χ0) is 32.7. The summed E-state index contributed by atoms with van der Waals surface area (Å²) in [5, 5.41) is 5.07. The highest BCUT2D eigenvalue weighted by Gasteiger charge is 2.57. The number of alkyl halides is 3. The van der Waals surface area contributed by atoms with Gasteiger partial charge in [-0.25, -0.2) is 13.9 Å². The van der Waals surface area contributed by atoms with E-state index >= 15 is 0 Å². The third-order valence-electron chi connectivity index (χ3n) is 8.37. The van der Waals surface area contributed by atoms with Gasteiger partial charge in [0.05, 0.1) is 0 Å². The molecule has 3 aliphatic rings. The van der Waals surface area contributed by atoms with Crippen molar-refractivity contribution < 1.29 is 45.2 Å². The Labute approximate surface area is 256 Å². The minimum absolute atomic E-state index is 0.116. The zero-order valence-corrected chi connectivity index (χ0v) is 24.9. The van der Waals surface area contributed by atoms with Gasteiger partial charge in [-0.3, -0.25) is 14.4 Å². The van der Waals surface area contributed by atoms with Crippen molar-refractivity contribution in [3.05, 3.63) is 65.0 Å². The van der Waals surface area contributed by atoms with E-state index < -0.39 is 76.3 Å². The number of hydrogen-bond donors (Lipinski definition) is 4. The fraction of sp³-hybridized carbons (Fsp3) is 0.448. The SMILES string of the molecule is C[C@H](N(Cc1ccc(F)cc1)C(=O)CC1C(=O)N[C@@]2(CCc3cc(NC(=O)NS(=O)(=O)NCC4CC4)ccc32)C1=O)C(F)(F)F. The summed E-state index contributed by atoms with van der Waals surface area (Å²) in [6.07, 6.45) is -3.38. The fourth-order valence-electron chi connectivity index (χ4n) is 5.66. The van der Waals surface area contributed by atoms with Crippen LogP contribution in [0.2, 0.25) is 0 Å². The van der Waals surface area contributed by atoms with E-state index in [1.807, 2.05) is 4.72 Å². The van der Waals surface area contributed by atoms with Crippen molar-refractivity contribution in [2.24, 2.45) is 11.8 Å². The van der Waals surface area contributed by atoms with Crippen molar-refractivity contribution in [2.45, 2.75) is 63.3 Å². The van der Waals surface area contributed by atoms with Crippen LogP contribution >= 0.6 is 0 Å². The highest BCUT2D eigenvalue weighted by atomic mass is 32.2. The normalized spacial score (nSPS) is 21.8. The second kappa shape index (κ2) is 12.0. The largest absolute Gasteiger partial charge is 0.408 e. The van der Waals surface area contributed by atoms with Crippen LogP contribution in [0.5, 0.6) is 0 Å². The average Bonchev–Trinajstić information content (AvgIpc) is 3.69. The van der Waals surface area contributed by atoms with Crippen LogP contribution in [0.15, 0.2) is 42.5 Å². The molecule has 2 fully saturated rings. The quantitative estimate of drug-likeness (QED) is 0.229. The van der Waals surface area contributed by atoms with E-state index in [1.165, 1.54) is 30.3 Å². The minimum Gasteiger partial charge on any atom is -0.339 e.